The predicted molar refractivity (Wildman–Crippen MR) is 80.0 cm³/mol. The van der Waals surface area contributed by atoms with Gasteiger partial charge in [0.05, 0.1) is 27.1 Å². The minimum absolute atomic E-state index is 0.0174. The number of halogens is 4. The summed E-state index contributed by atoms with van der Waals surface area (Å²) in [5, 5.41) is 3.07. The first-order valence-electron chi connectivity index (χ1n) is 6.06. The van der Waals surface area contributed by atoms with Gasteiger partial charge in [0.2, 0.25) is 5.91 Å². The van der Waals surface area contributed by atoms with Gasteiger partial charge in [0.25, 0.3) is 0 Å². The number of nitrogens with one attached hydrogen (secondary N) is 1. The molecule has 2 aromatic rings. The Morgan fingerprint density at radius 3 is 2.68 bits per heavy atom. The third-order valence-electron chi connectivity index (χ3n) is 2.56. The molecule has 116 valence electrons. The number of hydrogen-bond donors (Lipinski definition) is 1. The van der Waals surface area contributed by atoms with Gasteiger partial charge in [0.1, 0.15) is 0 Å². The topological polar surface area (TPSA) is 42.0 Å². The molecule has 0 spiro atoms. The Morgan fingerprint density at radius 1 is 1.27 bits per heavy atom. The van der Waals surface area contributed by atoms with Gasteiger partial charge in [-0.1, -0.05) is 29.4 Å². The average molecular weight is 347 g/mol. The SMILES string of the molecule is O=C(CSc1ccccn1)Nc1cc(C(F)(F)F)ccc1Cl. The van der Waals surface area contributed by atoms with E-state index >= 15 is 0 Å². The molecule has 0 aliphatic heterocycles. The summed E-state index contributed by atoms with van der Waals surface area (Å²) in [6.07, 6.45) is -2.91. The van der Waals surface area contributed by atoms with Gasteiger partial charge in [0, 0.05) is 6.20 Å². The number of anilines is 1. The van der Waals surface area contributed by atoms with Crippen molar-refractivity contribution < 1.29 is 18.0 Å². The number of amides is 1. The van der Waals surface area contributed by atoms with E-state index in [-0.39, 0.29) is 16.5 Å². The molecule has 1 aromatic carbocycles. The van der Waals surface area contributed by atoms with Crippen LogP contribution in [0.15, 0.2) is 47.6 Å². The summed E-state index contributed by atoms with van der Waals surface area (Å²) < 4.78 is 37.9. The third kappa shape index (κ3) is 4.64. The Morgan fingerprint density at radius 2 is 2.05 bits per heavy atom. The van der Waals surface area contributed by atoms with Crippen LogP contribution in [0.25, 0.3) is 0 Å². The lowest BCUT2D eigenvalue weighted by molar-refractivity contribution is -0.137. The fraction of sp³-hybridized carbons (Fsp3) is 0.143. The first kappa shape index (κ1) is 16.6. The largest absolute Gasteiger partial charge is 0.416 e. The number of thioether (sulfide) groups is 1. The zero-order chi connectivity index (χ0) is 16.2. The lowest BCUT2D eigenvalue weighted by atomic mass is 10.2. The van der Waals surface area contributed by atoms with Crippen LogP contribution >= 0.6 is 23.4 Å². The average Bonchev–Trinajstić information content (AvgIpc) is 2.47. The maximum Gasteiger partial charge on any atom is 0.416 e. The lowest BCUT2D eigenvalue weighted by Crippen LogP contribution is -2.15. The normalized spacial score (nSPS) is 11.3. The van der Waals surface area contributed by atoms with E-state index in [0.717, 1.165) is 18.2 Å². The molecule has 0 bridgehead atoms. The molecule has 2 rings (SSSR count). The van der Waals surface area contributed by atoms with E-state index in [2.05, 4.69) is 10.3 Å². The van der Waals surface area contributed by atoms with Crippen LogP contribution in [0.3, 0.4) is 0 Å². The number of carbonyl (C=O) groups is 1. The molecular formula is C14H10ClF3N2OS. The molecular weight excluding hydrogens is 337 g/mol. The van der Waals surface area contributed by atoms with Gasteiger partial charge < -0.3 is 5.32 Å². The molecule has 0 saturated carbocycles. The van der Waals surface area contributed by atoms with Gasteiger partial charge in [-0.2, -0.15) is 13.2 Å². The van der Waals surface area contributed by atoms with E-state index in [1.165, 1.54) is 11.8 Å². The van der Waals surface area contributed by atoms with Crippen LogP contribution < -0.4 is 5.32 Å². The van der Waals surface area contributed by atoms with Crippen molar-refractivity contribution in [1.82, 2.24) is 4.98 Å². The van der Waals surface area contributed by atoms with E-state index in [9.17, 15) is 18.0 Å². The zero-order valence-corrected chi connectivity index (χ0v) is 12.6. The Bertz CT molecular complexity index is 665. The molecule has 1 aromatic heterocycles. The van der Waals surface area contributed by atoms with Gasteiger partial charge in [-0.15, -0.1) is 0 Å². The van der Waals surface area contributed by atoms with Crippen LogP contribution in [0, 0.1) is 0 Å². The van der Waals surface area contributed by atoms with Crippen LogP contribution in [-0.2, 0) is 11.0 Å². The Balaban J connectivity index is 2.02. The highest BCUT2D eigenvalue weighted by atomic mass is 35.5. The molecule has 0 saturated heterocycles. The van der Waals surface area contributed by atoms with Gasteiger partial charge in [-0.3, -0.25) is 4.79 Å². The van der Waals surface area contributed by atoms with Crippen molar-refractivity contribution in [2.24, 2.45) is 0 Å². The van der Waals surface area contributed by atoms with E-state index < -0.39 is 17.6 Å². The Kier molecular flexibility index (Phi) is 5.31. The summed E-state index contributed by atoms with van der Waals surface area (Å²) in [7, 11) is 0. The second-order valence-electron chi connectivity index (χ2n) is 4.20. The van der Waals surface area contributed by atoms with Gasteiger partial charge in [-0.25, -0.2) is 4.98 Å². The first-order valence-corrected chi connectivity index (χ1v) is 7.43. The number of hydrogen-bond acceptors (Lipinski definition) is 3. The van der Waals surface area contributed by atoms with Crippen LogP contribution in [-0.4, -0.2) is 16.6 Å². The maximum atomic E-state index is 12.6. The van der Waals surface area contributed by atoms with Crippen molar-refractivity contribution in [3.63, 3.8) is 0 Å². The molecule has 0 radical (unpaired) electrons. The summed E-state index contributed by atoms with van der Waals surface area (Å²) in [6.45, 7) is 0. The molecule has 1 amide bonds. The van der Waals surface area contributed by atoms with Crippen LogP contribution in [0.1, 0.15) is 5.56 Å². The highest BCUT2D eigenvalue weighted by Gasteiger charge is 2.31. The molecule has 0 aliphatic rings. The van der Waals surface area contributed by atoms with Gasteiger partial charge in [-0.05, 0) is 30.3 Å². The summed E-state index contributed by atoms with van der Waals surface area (Å²) in [6, 6.07) is 8.02. The van der Waals surface area contributed by atoms with E-state index in [0.29, 0.717) is 5.03 Å². The van der Waals surface area contributed by atoms with E-state index in [4.69, 9.17) is 11.6 Å². The second-order valence-corrected chi connectivity index (χ2v) is 5.60. The summed E-state index contributed by atoms with van der Waals surface area (Å²) >= 11 is 6.98. The number of carbonyl (C=O) groups excluding carboxylic acids is 1. The van der Waals surface area contributed by atoms with Crippen molar-refractivity contribution in [1.29, 1.82) is 0 Å². The molecule has 0 aliphatic carbocycles. The first-order chi connectivity index (χ1) is 10.4. The van der Waals surface area contributed by atoms with Crippen molar-refractivity contribution >= 4 is 35.0 Å². The van der Waals surface area contributed by atoms with Crippen LogP contribution in [0.4, 0.5) is 18.9 Å². The quantitative estimate of drug-likeness (QED) is 0.830. The number of nitrogens with zero attached hydrogens (tertiary/aromatic N) is 1. The molecule has 8 heteroatoms. The summed E-state index contributed by atoms with van der Waals surface area (Å²) in [5.74, 6) is -0.444. The molecule has 22 heavy (non-hydrogen) atoms. The molecule has 1 heterocycles. The molecule has 3 nitrogen and oxygen atoms in total. The van der Waals surface area contributed by atoms with Crippen LogP contribution in [0.2, 0.25) is 5.02 Å². The molecule has 1 N–H and O–H groups in total. The summed E-state index contributed by atoms with van der Waals surface area (Å²) in [4.78, 5) is 15.8. The van der Waals surface area contributed by atoms with Crippen molar-refractivity contribution in [3.05, 3.63) is 53.2 Å². The van der Waals surface area contributed by atoms with E-state index in [1.54, 1.807) is 24.4 Å². The van der Waals surface area contributed by atoms with Crippen molar-refractivity contribution in [2.75, 3.05) is 11.1 Å². The zero-order valence-electron chi connectivity index (χ0n) is 11.0. The minimum Gasteiger partial charge on any atom is -0.324 e. The van der Waals surface area contributed by atoms with Crippen LogP contribution in [0.5, 0.6) is 0 Å². The molecule has 0 atom stereocenters. The lowest BCUT2D eigenvalue weighted by Gasteiger charge is -2.11. The Hall–Kier alpha value is -1.73. The Labute approximate surface area is 133 Å². The number of aromatic nitrogens is 1. The number of pyridine rings is 1. The maximum absolute atomic E-state index is 12.6. The number of benzene rings is 1. The fourth-order valence-electron chi connectivity index (χ4n) is 1.56. The van der Waals surface area contributed by atoms with Gasteiger partial charge in [0.15, 0.2) is 0 Å². The highest BCUT2D eigenvalue weighted by Crippen LogP contribution is 2.33. The van der Waals surface area contributed by atoms with E-state index in [1.807, 2.05) is 0 Å². The standard InChI is InChI=1S/C14H10ClF3N2OS/c15-10-5-4-9(14(16,17)18)7-11(10)20-12(21)8-22-13-3-1-2-6-19-13/h1-7H,8H2,(H,20,21). The van der Waals surface area contributed by atoms with Crippen molar-refractivity contribution in [3.8, 4) is 0 Å². The third-order valence-corrected chi connectivity index (χ3v) is 3.83. The molecule has 0 unspecified atom stereocenters. The fourth-order valence-corrected chi connectivity index (χ4v) is 2.38. The summed E-state index contributed by atoms with van der Waals surface area (Å²) in [5.41, 5.74) is -0.937. The smallest absolute Gasteiger partial charge is 0.324 e. The second kappa shape index (κ2) is 7.02. The molecule has 0 fully saturated rings. The number of alkyl halides is 3. The predicted octanol–water partition coefficient (Wildman–Crippen LogP) is 4.48. The minimum atomic E-state index is -4.49. The van der Waals surface area contributed by atoms with Crippen molar-refractivity contribution in [2.45, 2.75) is 11.2 Å². The highest BCUT2D eigenvalue weighted by molar-refractivity contribution is 7.99. The monoisotopic (exact) mass is 346 g/mol. The van der Waals surface area contributed by atoms with Gasteiger partial charge >= 0.3 is 6.18 Å². The number of rotatable bonds is 4.